The van der Waals surface area contributed by atoms with Crippen LogP contribution >= 0.6 is 11.3 Å². The van der Waals surface area contributed by atoms with Gasteiger partial charge in [-0.25, -0.2) is 9.67 Å². The first-order chi connectivity index (χ1) is 11.9. The van der Waals surface area contributed by atoms with Gasteiger partial charge in [0.15, 0.2) is 5.82 Å². The predicted molar refractivity (Wildman–Crippen MR) is 95.1 cm³/mol. The van der Waals surface area contributed by atoms with Crippen molar-refractivity contribution in [2.45, 2.75) is 65.2 Å². The van der Waals surface area contributed by atoms with Gasteiger partial charge in [-0.3, -0.25) is 9.69 Å². The maximum atomic E-state index is 12.5. The maximum absolute atomic E-state index is 12.5. The van der Waals surface area contributed by atoms with Gasteiger partial charge in [0, 0.05) is 10.9 Å². The van der Waals surface area contributed by atoms with Crippen LogP contribution in [-0.2, 0) is 24.3 Å². The summed E-state index contributed by atoms with van der Waals surface area (Å²) in [5.74, 6) is 0.615. The Hall–Kier alpha value is -1.87. The molecular weight excluding hydrogens is 338 g/mol. The highest BCUT2D eigenvalue weighted by Crippen LogP contribution is 2.32. The summed E-state index contributed by atoms with van der Waals surface area (Å²) in [6.45, 7) is 6.97. The van der Waals surface area contributed by atoms with Gasteiger partial charge >= 0.3 is 0 Å². The molecule has 1 N–H and O–H groups in total. The van der Waals surface area contributed by atoms with Gasteiger partial charge in [0.2, 0.25) is 5.91 Å². The minimum Gasteiger partial charge on any atom is -0.346 e. The van der Waals surface area contributed by atoms with Crippen molar-refractivity contribution in [1.29, 1.82) is 0 Å². The normalized spacial score (nSPS) is 17.1. The summed E-state index contributed by atoms with van der Waals surface area (Å²) in [5.41, 5.74) is 1.04. The predicted octanol–water partition coefficient (Wildman–Crippen LogP) is 1.47. The second-order valence-corrected chi connectivity index (χ2v) is 8.10. The van der Waals surface area contributed by atoms with E-state index in [9.17, 15) is 4.79 Å². The van der Waals surface area contributed by atoms with E-state index in [0.717, 1.165) is 30.0 Å². The fourth-order valence-electron chi connectivity index (χ4n) is 2.92. The van der Waals surface area contributed by atoms with Crippen molar-refractivity contribution in [2.75, 3.05) is 7.05 Å². The topological polar surface area (TPSA) is 88.8 Å². The zero-order valence-corrected chi connectivity index (χ0v) is 16.0. The highest BCUT2D eigenvalue weighted by atomic mass is 32.1. The van der Waals surface area contributed by atoms with E-state index in [1.54, 1.807) is 16.0 Å². The van der Waals surface area contributed by atoms with Crippen molar-refractivity contribution in [3.8, 4) is 0 Å². The first-order valence-corrected chi connectivity index (χ1v) is 9.46. The zero-order valence-electron chi connectivity index (χ0n) is 15.2. The molecular formula is C16H25N7OS. The first kappa shape index (κ1) is 17.9. The molecule has 136 valence electrons. The van der Waals surface area contributed by atoms with Gasteiger partial charge in [0.1, 0.15) is 6.54 Å². The number of hydrogen-bond donors (Lipinski definition) is 1. The van der Waals surface area contributed by atoms with Crippen molar-refractivity contribution in [1.82, 2.24) is 35.4 Å². The molecule has 0 aromatic carbocycles. The molecule has 0 saturated heterocycles. The summed E-state index contributed by atoms with van der Waals surface area (Å²) in [5, 5.41) is 15.9. The van der Waals surface area contributed by atoms with Gasteiger partial charge in [-0.05, 0) is 57.5 Å². The van der Waals surface area contributed by atoms with Gasteiger partial charge in [-0.15, -0.1) is 16.4 Å². The third-order valence-corrected chi connectivity index (χ3v) is 5.61. The number of amides is 1. The highest BCUT2D eigenvalue weighted by molar-refractivity contribution is 7.11. The van der Waals surface area contributed by atoms with Crippen LogP contribution in [0.4, 0.5) is 0 Å². The minimum atomic E-state index is -0.0794. The van der Waals surface area contributed by atoms with Crippen molar-refractivity contribution in [3.05, 3.63) is 21.4 Å². The number of hydrogen-bond acceptors (Lipinski definition) is 7. The van der Waals surface area contributed by atoms with Crippen LogP contribution in [0.1, 0.15) is 54.1 Å². The lowest BCUT2D eigenvalue weighted by Crippen LogP contribution is -2.35. The molecule has 1 aliphatic carbocycles. The Morgan fingerprint density at radius 1 is 1.48 bits per heavy atom. The Labute approximate surface area is 151 Å². The van der Waals surface area contributed by atoms with E-state index in [4.69, 9.17) is 0 Å². The molecule has 1 aliphatic rings. The Balaban J connectivity index is 1.63. The largest absolute Gasteiger partial charge is 0.346 e. The molecule has 9 heteroatoms. The summed E-state index contributed by atoms with van der Waals surface area (Å²) in [6.07, 6.45) is 3.07. The molecule has 1 amide bonds. The Kier molecular flexibility index (Phi) is 5.43. The Morgan fingerprint density at radius 3 is 3.04 bits per heavy atom. The number of nitrogens with one attached hydrogen (secondary N) is 1. The number of tetrazole rings is 1. The fraction of sp³-hybridized carbons (Fsp3) is 0.688. The lowest BCUT2D eigenvalue weighted by atomic mass is 9.97. The molecule has 2 aromatic heterocycles. The van der Waals surface area contributed by atoms with E-state index in [-0.39, 0.29) is 18.5 Å². The minimum absolute atomic E-state index is 0.000492. The molecule has 0 spiro atoms. The smallest absolute Gasteiger partial charge is 0.242 e. The second kappa shape index (κ2) is 7.57. The van der Waals surface area contributed by atoms with E-state index < -0.39 is 0 Å². The summed E-state index contributed by atoms with van der Waals surface area (Å²) in [4.78, 5) is 20.5. The molecule has 0 bridgehead atoms. The van der Waals surface area contributed by atoms with Crippen LogP contribution in [0.25, 0.3) is 0 Å². The number of thiazole rings is 1. The standard InChI is InChI=1S/C16H25N7OS/c1-10(2)22(4)8-14-19-20-21-23(14)9-15(24)18-12-6-5-7-13-16(12)17-11(3)25-13/h10,12H,5-9H2,1-4H3,(H,18,24)/t12-/m1/s1. The summed E-state index contributed by atoms with van der Waals surface area (Å²) >= 11 is 1.73. The fourth-order valence-corrected chi connectivity index (χ4v) is 3.96. The number of nitrogens with zero attached hydrogens (tertiary/aromatic N) is 6. The monoisotopic (exact) mass is 363 g/mol. The van der Waals surface area contributed by atoms with E-state index >= 15 is 0 Å². The van der Waals surface area contributed by atoms with Crippen molar-refractivity contribution >= 4 is 17.2 Å². The molecule has 2 heterocycles. The Bertz CT molecular complexity index is 739. The number of aromatic nitrogens is 5. The van der Waals surface area contributed by atoms with Crippen LogP contribution in [0.15, 0.2) is 0 Å². The third kappa shape index (κ3) is 4.21. The molecule has 8 nitrogen and oxygen atoms in total. The lowest BCUT2D eigenvalue weighted by Gasteiger charge is -2.23. The molecule has 0 saturated carbocycles. The number of rotatable bonds is 6. The molecule has 0 fully saturated rings. The van der Waals surface area contributed by atoms with Crippen molar-refractivity contribution in [3.63, 3.8) is 0 Å². The van der Waals surface area contributed by atoms with Gasteiger partial charge in [0.05, 0.1) is 23.3 Å². The summed E-state index contributed by atoms with van der Waals surface area (Å²) in [6, 6.07) is 0.381. The average Bonchev–Trinajstić information content (AvgIpc) is 3.13. The van der Waals surface area contributed by atoms with Crippen LogP contribution in [0.2, 0.25) is 0 Å². The van der Waals surface area contributed by atoms with Crippen LogP contribution in [0.5, 0.6) is 0 Å². The lowest BCUT2D eigenvalue weighted by molar-refractivity contribution is -0.122. The van der Waals surface area contributed by atoms with Gasteiger partial charge in [-0.2, -0.15) is 0 Å². The zero-order chi connectivity index (χ0) is 18.0. The molecule has 0 radical (unpaired) electrons. The Morgan fingerprint density at radius 2 is 2.28 bits per heavy atom. The number of fused-ring (bicyclic) bond motifs is 1. The molecule has 1 atom stereocenters. The number of aryl methyl sites for hydroxylation is 2. The van der Waals surface area contributed by atoms with E-state index in [0.29, 0.717) is 18.4 Å². The van der Waals surface area contributed by atoms with Crippen LogP contribution in [0, 0.1) is 6.92 Å². The maximum Gasteiger partial charge on any atom is 0.242 e. The van der Waals surface area contributed by atoms with Gasteiger partial charge in [-0.1, -0.05) is 0 Å². The van der Waals surface area contributed by atoms with Crippen LogP contribution < -0.4 is 5.32 Å². The van der Waals surface area contributed by atoms with Crippen LogP contribution in [-0.4, -0.2) is 49.1 Å². The summed E-state index contributed by atoms with van der Waals surface area (Å²) < 4.78 is 1.57. The molecule has 2 aromatic rings. The molecule has 25 heavy (non-hydrogen) atoms. The van der Waals surface area contributed by atoms with Gasteiger partial charge in [0.25, 0.3) is 0 Å². The second-order valence-electron chi connectivity index (χ2n) is 6.82. The quantitative estimate of drug-likeness (QED) is 0.836. The first-order valence-electron chi connectivity index (χ1n) is 8.65. The SMILES string of the molecule is Cc1nc2c(s1)CCC[C@H]2NC(=O)Cn1nnnc1CN(C)C(C)C. The van der Waals surface area contributed by atoms with E-state index in [1.807, 2.05) is 14.0 Å². The molecule has 3 rings (SSSR count). The van der Waals surface area contributed by atoms with Gasteiger partial charge < -0.3 is 5.32 Å². The number of carbonyl (C=O) groups is 1. The third-order valence-electron chi connectivity index (χ3n) is 4.57. The van der Waals surface area contributed by atoms with Crippen molar-refractivity contribution < 1.29 is 4.79 Å². The van der Waals surface area contributed by atoms with E-state index in [2.05, 4.69) is 44.6 Å². The van der Waals surface area contributed by atoms with Crippen LogP contribution in [0.3, 0.4) is 0 Å². The number of carbonyl (C=O) groups excluding carboxylic acids is 1. The summed E-state index contributed by atoms with van der Waals surface area (Å²) in [7, 11) is 2.01. The average molecular weight is 363 g/mol. The highest BCUT2D eigenvalue weighted by Gasteiger charge is 2.26. The molecule has 0 aliphatic heterocycles. The van der Waals surface area contributed by atoms with E-state index in [1.165, 1.54) is 4.88 Å². The molecule has 0 unspecified atom stereocenters. The van der Waals surface area contributed by atoms with Crippen molar-refractivity contribution in [2.24, 2.45) is 0 Å².